The fourth-order valence-corrected chi connectivity index (χ4v) is 4.07. The van der Waals surface area contributed by atoms with Crippen molar-refractivity contribution in [1.29, 1.82) is 0 Å². The minimum absolute atomic E-state index is 0.0339. The van der Waals surface area contributed by atoms with Crippen LogP contribution in [0.4, 0.5) is 10.2 Å². The van der Waals surface area contributed by atoms with E-state index in [0.29, 0.717) is 5.02 Å². The van der Waals surface area contributed by atoms with Gasteiger partial charge in [0, 0.05) is 24.7 Å². The number of amides is 3. The number of benzene rings is 1. The summed E-state index contributed by atoms with van der Waals surface area (Å²) in [5, 5.41) is 0.633. The number of carbonyl (C=O) groups is 3. The molecule has 156 valence electrons. The Labute approximate surface area is 182 Å². The van der Waals surface area contributed by atoms with Crippen LogP contribution in [0.15, 0.2) is 36.5 Å². The summed E-state index contributed by atoms with van der Waals surface area (Å²) in [5.74, 6) is -2.12. The topological polar surface area (TPSA) is 73.8 Å². The van der Waals surface area contributed by atoms with Gasteiger partial charge in [0.25, 0.3) is 5.91 Å². The van der Waals surface area contributed by atoms with Crippen molar-refractivity contribution in [2.24, 2.45) is 0 Å². The molecule has 2 aromatic rings. The maximum atomic E-state index is 14.5. The van der Waals surface area contributed by atoms with E-state index in [9.17, 15) is 18.8 Å². The van der Waals surface area contributed by atoms with Crippen LogP contribution in [-0.4, -0.2) is 57.7 Å². The van der Waals surface area contributed by atoms with Crippen molar-refractivity contribution in [1.82, 2.24) is 14.8 Å². The van der Waals surface area contributed by atoms with Gasteiger partial charge in [-0.1, -0.05) is 35.3 Å². The molecule has 1 spiro atoms. The van der Waals surface area contributed by atoms with E-state index in [4.69, 9.17) is 23.2 Å². The largest absolute Gasteiger partial charge is 0.337 e. The molecular weight excluding hydrogens is 434 g/mol. The summed E-state index contributed by atoms with van der Waals surface area (Å²) in [6.45, 7) is 1.26. The van der Waals surface area contributed by atoms with E-state index < -0.39 is 17.3 Å². The van der Waals surface area contributed by atoms with Crippen LogP contribution >= 0.6 is 23.2 Å². The van der Waals surface area contributed by atoms with Gasteiger partial charge in [-0.25, -0.2) is 9.37 Å². The highest BCUT2D eigenvalue weighted by atomic mass is 35.5. The standard InChI is InChI=1S/C20H17Cl2FN4O3/c1-12(28)25-10-20(11-25)19(30)26(18-16(23)6-15(22)7-24-18)9-17(29)27(20)8-13-2-4-14(21)5-3-13/h2-7H,8-11H2,1H3. The van der Waals surface area contributed by atoms with Crippen molar-refractivity contribution >= 4 is 46.7 Å². The Morgan fingerprint density at radius 2 is 1.83 bits per heavy atom. The van der Waals surface area contributed by atoms with Crippen molar-refractivity contribution in [3.63, 3.8) is 0 Å². The highest BCUT2D eigenvalue weighted by Crippen LogP contribution is 2.37. The van der Waals surface area contributed by atoms with Crippen molar-refractivity contribution < 1.29 is 18.8 Å². The van der Waals surface area contributed by atoms with Gasteiger partial charge in [0.2, 0.25) is 11.8 Å². The van der Waals surface area contributed by atoms with Gasteiger partial charge in [-0.2, -0.15) is 0 Å². The summed E-state index contributed by atoms with van der Waals surface area (Å²) in [4.78, 5) is 46.2. The minimum atomic E-state index is -1.28. The number of nitrogens with zero attached hydrogens (tertiary/aromatic N) is 4. The molecule has 0 N–H and O–H groups in total. The molecule has 7 nitrogen and oxygen atoms in total. The third kappa shape index (κ3) is 3.40. The lowest BCUT2D eigenvalue weighted by molar-refractivity contribution is -0.169. The molecule has 3 amide bonds. The molecule has 2 aliphatic heterocycles. The lowest BCUT2D eigenvalue weighted by Crippen LogP contribution is -2.81. The van der Waals surface area contributed by atoms with Gasteiger partial charge in [0.1, 0.15) is 6.54 Å². The van der Waals surface area contributed by atoms with E-state index in [1.807, 2.05) is 0 Å². The molecule has 0 saturated carbocycles. The van der Waals surface area contributed by atoms with E-state index in [1.54, 1.807) is 24.3 Å². The lowest BCUT2D eigenvalue weighted by atomic mass is 9.83. The number of likely N-dealkylation sites (tertiary alicyclic amines) is 1. The molecule has 2 aliphatic rings. The van der Waals surface area contributed by atoms with E-state index in [1.165, 1.54) is 22.9 Å². The number of piperazine rings is 1. The maximum Gasteiger partial charge on any atom is 0.258 e. The van der Waals surface area contributed by atoms with Gasteiger partial charge in [-0.15, -0.1) is 0 Å². The molecule has 2 saturated heterocycles. The zero-order valence-corrected chi connectivity index (χ0v) is 17.5. The number of anilines is 1. The Hall–Kier alpha value is -2.71. The highest BCUT2D eigenvalue weighted by molar-refractivity contribution is 6.30. The summed E-state index contributed by atoms with van der Waals surface area (Å²) in [6, 6.07) is 7.96. The molecule has 1 aromatic carbocycles. The fraction of sp³-hybridized carbons (Fsp3) is 0.300. The first-order chi connectivity index (χ1) is 14.2. The average Bonchev–Trinajstić information content (AvgIpc) is 2.65. The summed E-state index contributed by atoms with van der Waals surface area (Å²) >= 11 is 11.7. The molecule has 2 fully saturated rings. The normalized spacial score (nSPS) is 18.1. The SMILES string of the molecule is CC(=O)N1CC2(C1)C(=O)N(c1ncc(Cl)cc1F)CC(=O)N2Cc1ccc(Cl)cc1. The second-order valence-corrected chi connectivity index (χ2v) is 8.24. The Bertz CT molecular complexity index is 1040. The van der Waals surface area contributed by atoms with Crippen LogP contribution in [0.5, 0.6) is 0 Å². The number of halogens is 3. The number of carbonyl (C=O) groups excluding carboxylic acids is 3. The number of pyridine rings is 1. The van der Waals surface area contributed by atoms with E-state index >= 15 is 0 Å². The van der Waals surface area contributed by atoms with Gasteiger partial charge in [0.05, 0.1) is 18.1 Å². The van der Waals surface area contributed by atoms with Crippen molar-refractivity contribution in [3.05, 3.63) is 58.0 Å². The first-order valence-corrected chi connectivity index (χ1v) is 9.90. The van der Waals surface area contributed by atoms with Gasteiger partial charge in [0.15, 0.2) is 17.2 Å². The van der Waals surface area contributed by atoms with E-state index in [-0.39, 0.29) is 48.8 Å². The summed E-state index contributed by atoms with van der Waals surface area (Å²) < 4.78 is 14.5. The number of hydrogen-bond donors (Lipinski definition) is 0. The predicted molar refractivity (Wildman–Crippen MR) is 109 cm³/mol. The van der Waals surface area contributed by atoms with Gasteiger partial charge >= 0.3 is 0 Å². The molecular formula is C20H17Cl2FN4O3. The Kier molecular flexibility index (Phi) is 5.15. The lowest BCUT2D eigenvalue weighted by Gasteiger charge is -2.57. The Morgan fingerprint density at radius 1 is 1.17 bits per heavy atom. The van der Waals surface area contributed by atoms with Crippen molar-refractivity contribution in [2.75, 3.05) is 24.5 Å². The van der Waals surface area contributed by atoms with E-state index in [0.717, 1.165) is 16.5 Å². The van der Waals surface area contributed by atoms with Gasteiger partial charge in [-0.3, -0.25) is 19.3 Å². The Balaban J connectivity index is 1.70. The van der Waals surface area contributed by atoms with Gasteiger partial charge in [-0.05, 0) is 23.8 Å². The predicted octanol–water partition coefficient (Wildman–Crippen LogP) is 2.50. The first kappa shape index (κ1) is 20.6. The maximum absolute atomic E-state index is 14.5. The molecule has 0 radical (unpaired) electrons. The molecule has 4 rings (SSSR count). The van der Waals surface area contributed by atoms with Crippen LogP contribution in [0.1, 0.15) is 12.5 Å². The van der Waals surface area contributed by atoms with Crippen molar-refractivity contribution in [3.8, 4) is 0 Å². The molecule has 1 aromatic heterocycles. The molecule has 10 heteroatoms. The molecule has 0 atom stereocenters. The smallest absolute Gasteiger partial charge is 0.258 e. The highest BCUT2D eigenvalue weighted by Gasteiger charge is 2.60. The molecule has 3 heterocycles. The number of aromatic nitrogens is 1. The zero-order chi connectivity index (χ0) is 21.6. The quantitative estimate of drug-likeness (QED) is 0.719. The molecule has 0 aliphatic carbocycles. The zero-order valence-electron chi connectivity index (χ0n) is 15.9. The van der Waals surface area contributed by atoms with Crippen LogP contribution in [0.2, 0.25) is 10.0 Å². The van der Waals surface area contributed by atoms with Crippen LogP contribution in [0, 0.1) is 5.82 Å². The summed E-state index contributed by atoms with van der Waals surface area (Å²) in [7, 11) is 0. The van der Waals surface area contributed by atoms with Gasteiger partial charge < -0.3 is 9.80 Å². The molecule has 0 unspecified atom stereocenters. The van der Waals surface area contributed by atoms with Crippen LogP contribution < -0.4 is 4.90 Å². The van der Waals surface area contributed by atoms with Crippen LogP contribution in [-0.2, 0) is 20.9 Å². The third-order valence-electron chi connectivity index (χ3n) is 5.40. The second kappa shape index (κ2) is 7.52. The summed E-state index contributed by atoms with van der Waals surface area (Å²) in [6.07, 6.45) is 1.22. The van der Waals surface area contributed by atoms with Crippen molar-refractivity contribution in [2.45, 2.75) is 19.0 Å². The third-order valence-corrected chi connectivity index (χ3v) is 5.86. The van der Waals surface area contributed by atoms with Crippen LogP contribution in [0.25, 0.3) is 0 Å². The fourth-order valence-electron chi connectivity index (χ4n) is 3.80. The van der Waals surface area contributed by atoms with E-state index in [2.05, 4.69) is 4.98 Å². The summed E-state index contributed by atoms with van der Waals surface area (Å²) in [5.41, 5.74) is -0.501. The first-order valence-electron chi connectivity index (χ1n) is 9.15. The van der Waals surface area contributed by atoms with Crippen LogP contribution in [0.3, 0.4) is 0 Å². The number of hydrogen-bond acceptors (Lipinski definition) is 4. The molecule has 0 bridgehead atoms. The average molecular weight is 451 g/mol. The minimum Gasteiger partial charge on any atom is -0.337 e. The molecule has 30 heavy (non-hydrogen) atoms. The Morgan fingerprint density at radius 3 is 2.43 bits per heavy atom. The monoisotopic (exact) mass is 450 g/mol. The number of rotatable bonds is 3. The second-order valence-electron chi connectivity index (χ2n) is 7.36.